The number of alkyl halides is 2. The van der Waals surface area contributed by atoms with Crippen molar-refractivity contribution in [3.63, 3.8) is 0 Å². The van der Waals surface area contributed by atoms with Gasteiger partial charge in [0.05, 0.1) is 7.11 Å². The molecule has 31 heavy (non-hydrogen) atoms. The fourth-order valence-electron chi connectivity index (χ4n) is 3.39. The van der Waals surface area contributed by atoms with E-state index in [-0.39, 0.29) is 24.2 Å². The molecular weight excluding hydrogens is 408 g/mol. The first kappa shape index (κ1) is 22.3. The molecule has 3 amide bonds. The van der Waals surface area contributed by atoms with Crippen molar-refractivity contribution in [1.29, 1.82) is 0 Å². The average molecular weight is 433 g/mol. The minimum atomic E-state index is -2.93. The Kier molecular flexibility index (Phi) is 7.28. The largest absolute Gasteiger partial charge is 0.496 e. The molecule has 166 valence electrons. The maximum Gasteiger partial charge on any atom is 0.387 e. The van der Waals surface area contributed by atoms with Gasteiger partial charge in [-0.25, -0.2) is 4.79 Å². The van der Waals surface area contributed by atoms with Crippen LogP contribution in [0.15, 0.2) is 42.5 Å². The minimum absolute atomic E-state index is 0.0294. The number of aryl methyl sites for hydroxylation is 1. The number of hydrogen-bond acceptors (Lipinski definition) is 4. The van der Waals surface area contributed by atoms with E-state index in [1.165, 1.54) is 6.07 Å². The number of piperazine rings is 1. The van der Waals surface area contributed by atoms with Crippen molar-refractivity contribution in [2.75, 3.05) is 33.3 Å². The van der Waals surface area contributed by atoms with E-state index in [9.17, 15) is 18.4 Å². The van der Waals surface area contributed by atoms with Gasteiger partial charge in [-0.1, -0.05) is 24.3 Å². The van der Waals surface area contributed by atoms with Gasteiger partial charge in [-0.15, -0.1) is 0 Å². The van der Waals surface area contributed by atoms with Crippen LogP contribution in [0.4, 0.5) is 13.6 Å². The summed E-state index contributed by atoms with van der Waals surface area (Å²) in [6, 6.07) is 11.3. The van der Waals surface area contributed by atoms with Gasteiger partial charge in [-0.3, -0.25) is 4.79 Å². The number of amides is 3. The second kappa shape index (κ2) is 10.1. The zero-order valence-electron chi connectivity index (χ0n) is 17.4. The number of carbonyl (C=O) groups excluding carboxylic acids is 2. The Morgan fingerprint density at radius 1 is 1.03 bits per heavy atom. The number of urea groups is 1. The lowest BCUT2D eigenvalue weighted by atomic mass is 10.1. The summed E-state index contributed by atoms with van der Waals surface area (Å²) in [7, 11) is 1.56. The van der Waals surface area contributed by atoms with Crippen molar-refractivity contribution in [3.05, 3.63) is 59.2 Å². The SMILES string of the molecule is COc1cc(C(=O)N2CCN(C(=O)NCc3ccccc3OC(F)F)CC2)ccc1C. The zero-order chi connectivity index (χ0) is 22.4. The quantitative estimate of drug-likeness (QED) is 0.759. The molecule has 0 radical (unpaired) electrons. The van der Waals surface area contributed by atoms with Crippen molar-refractivity contribution in [2.45, 2.75) is 20.1 Å². The molecule has 1 heterocycles. The molecule has 1 aliphatic heterocycles. The lowest BCUT2D eigenvalue weighted by molar-refractivity contribution is -0.0504. The van der Waals surface area contributed by atoms with Crippen molar-refractivity contribution in [2.24, 2.45) is 0 Å². The zero-order valence-corrected chi connectivity index (χ0v) is 17.4. The predicted octanol–water partition coefficient (Wildman–Crippen LogP) is 3.27. The Balaban J connectivity index is 1.53. The molecule has 0 unspecified atom stereocenters. The van der Waals surface area contributed by atoms with E-state index < -0.39 is 6.61 Å². The predicted molar refractivity (Wildman–Crippen MR) is 111 cm³/mol. The minimum Gasteiger partial charge on any atom is -0.496 e. The van der Waals surface area contributed by atoms with Crippen LogP contribution in [0.5, 0.6) is 11.5 Å². The normalized spacial score (nSPS) is 13.8. The topological polar surface area (TPSA) is 71.1 Å². The van der Waals surface area contributed by atoms with E-state index >= 15 is 0 Å². The van der Waals surface area contributed by atoms with Gasteiger partial charge >= 0.3 is 12.6 Å². The number of benzene rings is 2. The lowest BCUT2D eigenvalue weighted by Crippen LogP contribution is -2.53. The summed E-state index contributed by atoms with van der Waals surface area (Å²) < 4.78 is 34.8. The lowest BCUT2D eigenvalue weighted by Gasteiger charge is -2.34. The monoisotopic (exact) mass is 433 g/mol. The molecule has 1 aliphatic rings. The van der Waals surface area contributed by atoms with E-state index in [1.807, 2.05) is 13.0 Å². The molecule has 7 nitrogen and oxygen atoms in total. The average Bonchev–Trinajstić information content (AvgIpc) is 2.78. The number of ether oxygens (including phenoxy) is 2. The number of carbonyl (C=O) groups is 2. The fourth-order valence-corrected chi connectivity index (χ4v) is 3.39. The van der Waals surface area contributed by atoms with Gasteiger partial charge in [0.2, 0.25) is 0 Å². The van der Waals surface area contributed by atoms with Crippen molar-refractivity contribution < 1.29 is 27.8 Å². The van der Waals surface area contributed by atoms with Crippen LogP contribution in [0.1, 0.15) is 21.5 Å². The smallest absolute Gasteiger partial charge is 0.387 e. The molecule has 3 rings (SSSR count). The Morgan fingerprint density at radius 2 is 1.71 bits per heavy atom. The maximum atomic E-state index is 12.8. The maximum absolute atomic E-state index is 12.8. The van der Waals surface area contributed by atoms with Gasteiger partial charge in [0.25, 0.3) is 5.91 Å². The summed E-state index contributed by atoms with van der Waals surface area (Å²) in [4.78, 5) is 28.5. The molecule has 0 atom stereocenters. The Hall–Kier alpha value is -3.36. The van der Waals surface area contributed by atoms with E-state index in [0.29, 0.717) is 43.1 Å². The highest BCUT2D eigenvalue weighted by Crippen LogP contribution is 2.21. The standard InChI is InChI=1S/C22H25F2N3O4/c1-15-7-8-16(13-19(15)30-2)20(28)26-9-11-27(12-10-26)22(29)25-14-17-5-3-4-6-18(17)31-21(23)24/h3-8,13,21H,9-12,14H2,1-2H3,(H,25,29). The number of methoxy groups -OCH3 is 1. The third kappa shape index (κ3) is 5.62. The van der Waals surface area contributed by atoms with Crippen LogP contribution in [0.2, 0.25) is 0 Å². The first-order valence-corrected chi connectivity index (χ1v) is 9.88. The van der Waals surface area contributed by atoms with E-state index in [0.717, 1.165) is 5.56 Å². The molecule has 0 spiro atoms. The molecule has 0 aliphatic carbocycles. The van der Waals surface area contributed by atoms with Gasteiger partial charge in [0.1, 0.15) is 11.5 Å². The molecule has 1 saturated heterocycles. The third-order valence-corrected chi connectivity index (χ3v) is 5.13. The molecule has 0 bridgehead atoms. The number of rotatable bonds is 6. The van der Waals surface area contributed by atoms with Gasteiger partial charge < -0.3 is 24.6 Å². The summed E-state index contributed by atoms with van der Waals surface area (Å²) in [5, 5.41) is 2.72. The van der Waals surface area contributed by atoms with Crippen molar-refractivity contribution in [1.82, 2.24) is 15.1 Å². The van der Waals surface area contributed by atoms with Crippen LogP contribution >= 0.6 is 0 Å². The number of hydrogen-bond donors (Lipinski definition) is 1. The first-order valence-electron chi connectivity index (χ1n) is 9.88. The van der Waals surface area contributed by atoms with Gasteiger partial charge in [0.15, 0.2) is 0 Å². The third-order valence-electron chi connectivity index (χ3n) is 5.13. The molecule has 2 aromatic carbocycles. The van der Waals surface area contributed by atoms with E-state index in [2.05, 4.69) is 10.1 Å². The second-order valence-corrected chi connectivity index (χ2v) is 7.11. The van der Waals surface area contributed by atoms with Crippen LogP contribution in [0.3, 0.4) is 0 Å². The molecular formula is C22H25F2N3O4. The van der Waals surface area contributed by atoms with Crippen LogP contribution in [-0.4, -0.2) is 61.6 Å². The summed E-state index contributed by atoms with van der Waals surface area (Å²) in [5.74, 6) is 0.568. The van der Waals surface area contributed by atoms with E-state index in [4.69, 9.17) is 4.74 Å². The van der Waals surface area contributed by atoms with Crippen LogP contribution in [-0.2, 0) is 6.54 Å². The summed E-state index contributed by atoms with van der Waals surface area (Å²) in [5.41, 5.74) is 1.94. The van der Waals surface area contributed by atoms with E-state index in [1.54, 1.807) is 47.2 Å². The molecule has 1 N–H and O–H groups in total. The highest BCUT2D eigenvalue weighted by Gasteiger charge is 2.25. The summed E-state index contributed by atoms with van der Waals surface area (Å²) >= 11 is 0. The summed E-state index contributed by atoms with van der Waals surface area (Å²) in [6.45, 7) is 0.565. The molecule has 1 fully saturated rings. The van der Waals surface area contributed by atoms with Gasteiger partial charge in [0, 0.05) is 43.9 Å². The molecule has 0 saturated carbocycles. The van der Waals surface area contributed by atoms with Gasteiger partial charge in [-0.05, 0) is 30.7 Å². The van der Waals surface area contributed by atoms with Crippen LogP contribution in [0.25, 0.3) is 0 Å². The Labute approximate surface area is 179 Å². The van der Waals surface area contributed by atoms with Crippen molar-refractivity contribution >= 4 is 11.9 Å². The molecule has 2 aromatic rings. The number of halogens is 2. The van der Waals surface area contributed by atoms with Crippen LogP contribution < -0.4 is 14.8 Å². The Bertz CT molecular complexity index is 931. The highest BCUT2D eigenvalue weighted by molar-refractivity contribution is 5.95. The van der Waals surface area contributed by atoms with Gasteiger partial charge in [-0.2, -0.15) is 8.78 Å². The molecule has 9 heteroatoms. The highest BCUT2D eigenvalue weighted by atomic mass is 19.3. The van der Waals surface area contributed by atoms with Crippen LogP contribution in [0, 0.1) is 6.92 Å². The number of nitrogens with one attached hydrogen (secondary N) is 1. The number of para-hydroxylation sites is 1. The van der Waals surface area contributed by atoms with Crippen molar-refractivity contribution in [3.8, 4) is 11.5 Å². The Morgan fingerprint density at radius 3 is 2.39 bits per heavy atom. The fraction of sp³-hybridized carbons (Fsp3) is 0.364. The molecule has 0 aromatic heterocycles. The first-order chi connectivity index (χ1) is 14.9. The summed E-state index contributed by atoms with van der Waals surface area (Å²) in [6.07, 6.45) is 0. The number of nitrogens with zero attached hydrogens (tertiary/aromatic N) is 2. The second-order valence-electron chi connectivity index (χ2n) is 7.11.